The van der Waals surface area contributed by atoms with Gasteiger partial charge in [0, 0.05) is 35.0 Å². The number of sulfonamides is 1. The van der Waals surface area contributed by atoms with E-state index in [4.69, 9.17) is 9.40 Å². The van der Waals surface area contributed by atoms with Gasteiger partial charge in [-0.3, -0.25) is 9.52 Å². The average molecular weight is 628 g/mol. The third kappa shape index (κ3) is 4.69. The van der Waals surface area contributed by atoms with E-state index in [-0.39, 0.29) is 40.3 Å². The predicted molar refractivity (Wildman–Crippen MR) is 171 cm³/mol. The topological polar surface area (TPSA) is 118 Å². The molecule has 1 unspecified atom stereocenters. The second-order valence-corrected chi connectivity index (χ2v) is 12.8. The quantitative estimate of drug-likeness (QED) is 0.181. The Kier molecular flexibility index (Phi) is 6.62. The zero-order chi connectivity index (χ0) is 31.6. The van der Waals surface area contributed by atoms with Crippen LogP contribution in [-0.4, -0.2) is 36.7 Å². The van der Waals surface area contributed by atoms with Crippen LogP contribution < -0.4 is 15.4 Å². The predicted octanol–water partition coefficient (Wildman–Crippen LogP) is 7.13. The standard InChI is InChI=1S/C33H27F2N5O4S/c1-4-45(42,43)39-26-16-29-22(30(33(41)36-3)32(44-29)18-8-10-19(34)11-9-18)14-21(26)24-12-13-25-31(38-24)28-15-20-23(35)6-5-7-27(20)40(28)17(2)37-25/h5-17,37,39H,4H2,1-3H3,(H,36,41). The fourth-order valence-corrected chi connectivity index (χ4v) is 6.51. The van der Waals surface area contributed by atoms with Crippen LogP contribution in [0.5, 0.6) is 0 Å². The first-order valence-electron chi connectivity index (χ1n) is 14.3. The fourth-order valence-electron chi connectivity index (χ4n) is 5.86. The van der Waals surface area contributed by atoms with Gasteiger partial charge < -0.3 is 19.6 Å². The van der Waals surface area contributed by atoms with Crippen LogP contribution in [0.3, 0.4) is 0 Å². The zero-order valence-electron chi connectivity index (χ0n) is 24.4. The van der Waals surface area contributed by atoms with Crippen molar-refractivity contribution >= 4 is 49.2 Å². The lowest BCUT2D eigenvalue weighted by Gasteiger charge is -2.28. The van der Waals surface area contributed by atoms with Crippen LogP contribution in [0.25, 0.3) is 55.8 Å². The van der Waals surface area contributed by atoms with E-state index in [9.17, 15) is 22.0 Å². The van der Waals surface area contributed by atoms with Crippen molar-refractivity contribution in [1.82, 2.24) is 14.9 Å². The van der Waals surface area contributed by atoms with E-state index in [2.05, 4.69) is 15.4 Å². The largest absolute Gasteiger partial charge is 0.455 e. The number of carbonyl (C=O) groups is 1. The molecule has 6 aromatic rings. The van der Waals surface area contributed by atoms with Crippen molar-refractivity contribution in [3.8, 4) is 34.0 Å². The van der Waals surface area contributed by atoms with Gasteiger partial charge in [-0.2, -0.15) is 0 Å². The minimum absolute atomic E-state index is 0.182. The molecule has 3 aromatic heterocycles. The average Bonchev–Trinajstić information content (AvgIpc) is 3.61. The van der Waals surface area contributed by atoms with Gasteiger partial charge in [-0.05, 0) is 74.5 Å². The summed E-state index contributed by atoms with van der Waals surface area (Å²) in [5.41, 5.74) is 4.60. The van der Waals surface area contributed by atoms with Gasteiger partial charge in [-0.25, -0.2) is 22.2 Å². The highest BCUT2D eigenvalue weighted by molar-refractivity contribution is 7.92. The Morgan fingerprint density at radius 1 is 1.04 bits per heavy atom. The number of carbonyl (C=O) groups excluding carboxylic acids is 1. The molecule has 0 aliphatic carbocycles. The monoisotopic (exact) mass is 627 g/mol. The minimum Gasteiger partial charge on any atom is -0.455 e. The zero-order valence-corrected chi connectivity index (χ0v) is 25.2. The van der Waals surface area contributed by atoms with Crippen molar-refractivity contribution < 1.29 is 26.4 Å². The number of nitrogens with one attached hydrogen (secondary N) is 3. The van der Waals surface area contributed by atoms with Crippen molar-refractivity contribution in [2.24, 2.45) is 0 Å². The number of halogens is 2. The summed E-state index contributed by atoms with van der Waals surface area (Å²) in [6, 6.07) is 19.0. The number of aromatic nitrogens is 2. The summed E-state index contributed by atoms with van der Waals surface area (Å²) in [4.78, 5) is 18.2. The summed E-state index contributed by atoms with van der Waals surface area (Å²) in [7, 11) is -2.26. The fraction of sp³-hybridized carbons (Fsp3) is 0.152. The molecule has 7 rings (SSSR count). The van der Waals surface area contributed by atoms with Crippen molar-refractivity contribution in [3.05, 3.63) is 90.0 Å². The van der Waals surface area contributed by atoms with E-state index in [0.29, 0.717) is 44.5 Å². The molecule has 0 spiro atoms. The molecule has 45 heavy (non-hydrogen) atoms. The number of anilines is 2. The normalized spacial score (nSPS) is 14.2. The molecule has 4 heterocycles. The number of benzene rings is 3. The van der Waals surface area contributed by atoms with Gasteiger partial charge in [0.25, 0.3) is 5.91 Å². The van der Waals surface area contributed by atoms with E-state index in [1.54, 1.807) is 24.3 Å². The minimum atomic E-state index is -3.75. The molecule has 0 saturated carbocycles. The number of pyridine rings is 1. The second-order valence-electron chi connectivity index (χ2n) is 10.8. The van der Waals surface area contributed by atoms with Crippen LogP contribution in [0.2, 0.25) is 0 Å². The Balaban J connectivity index is 1.48. The highest BCUT2D eigenvalue weighted by Gasteiger charge is 2.28. The molecule has 0 bridgehead atoms. The molecule has 12 heteroatoms. The highest BCUT2D eigenvalue weighted by atomic mass is 32.2. The lowest BCUT2D eigenvalue weighted by atomic mass is 10.0. The molecular weight excluding hydrogens is 600 g/mol. The molecule has 1 aliphatic heterocycles. The van der Waals surface area contributed by atoms with Gasteiger partial charge >= 0.3 is 0 Å². The molecular formula is C33H27F2N5O4S. The Bertz CT molecular complexity index is 2280. The van der Waals surface area contributed by atoms with Crippen molar-refractivity contribution in [2.75, 3.05) is 22.8 Å². The molecule has 1 amide bonds. The molecule has 3 aromatic carbocycles. The van der Waals surface area contributed by atoms with Crippen LogP contribution in [0.15, 0.2) is 77.2 Å². The summed E-state index contributed by atoms with van der Waals surface area (Å²) in [6.45, 7) is 3.49. The van der Waals surface area contributed by atoms with Crippen molar-refractivity contribution in [1.29, 1.82) is 0 Å². The van der Waals surface area contributed by atoms with Crippen LogP contribution in [0.1, 0.15) is 30.4 Å². The van der Waals surface area contributed by atoms with Crippen molar-refractivity contribution in [2.45, 2.75) is 20.0 Å². The number of rotatable bonds is 6. The third-order valence-electron chi connectivity index (χ3n) is 8.03. The number of amides is 1. The van der Waals surface area contributed by atoms with E-state index in [1.807, 2.05) is 23.6 Å². The lowest BCUT2D eigenvalue weighted by Crippen LogP contribution is -2.21. The Morgan fingerprint density at radius 2 is 1.82 bits per heavy atom. The highest BCUT2D eigenvalue weighted by Crippen LogP contribution is 2.43. The van der Waals surface area contributed by atoms with Crippen molar-refractivity contribution in [3.63, 3.8) is 0 Å². The molecule has 0 saturated heterocycles. The summed E-state index contributed by atoms with van der Waals surface area (Å²) < 4.78 is 64.9. The number of nitrogens with zero attached hydrogens (tertiary/aromatic N) is 2. The molecule has 3 N–H and O–H groups in total. The Labute approximate surface area is 256 Å². The van der Waals surface area contributed by atoms with Gasteiger partial charge in [0.05, 0.1) is 39.6 Å². The maximum atomic E-state index is 14.8. The summed E-state index contributed by atoms with van der Waals surface area (Å²) in [5.74, 6) is -1.21. The summed E-state index contributed by atoms with van der Waals surface area (Å²) in [5, 5.41) is 6.91. The molecule has 9 nitrogen and oxygen atoms in total. The van der Waals surface area contributed by atoms with Gasteiger partial charge in [-0.1, -0.05) is 6.07 Å². The molecule has 0 fully saturated rings. The molecule has 0 radical (unpaired) electrons. The first kappa shape index (κ1) is 28.5. The van der Waals surface area contributed by atoms with Crippen LogP contribution in [-0.2, 0) is 10.0 Å². The molecule has 1 atom stereocenters. The number of fused-ring (bicyclic) bond motifs is 6. The molecule has 1 aliphatic rings. The van der Waals surface area contributed by atoms with Gasteiger partial charge in [0.2, 0.25) is 10.0 Å². The SMILES string of the molecule is CCS(=O)(=O)Nc1cc2oc(-c3ccc(F)cc3)c(C(=O)NC)c2cc1-c1ccc2c(n1)-c1cc3c(F)cccc3n1C(C)N2. The van der Waals surface area contributed by atoms with E-state index in [0.717, 1.165) is 5.69 Å². The van der Waals surface area contributed by atoms with Crippen LogP contribution >= 0.6 is 0 Å². The van der Waals surface area contributed by atoms with Gasteiger partial charge in [0.15, 0.2) is 0 Å². The first-order valence-corrected chi connectivity index (χ1v) is 15.9. The van der Waals surface area contributed by atoms with E-state index in [1.165, 1.54) is 50.4 Å². The summed E-state index contributed by atoms with van der Waals surface area (Å²) >= 11 is 0. The van der Waals surface area contributed by atoms with Gasteiger partial charge in [-0.15, -0.1) is 0 Å². The molecule has 228 valence electrons. The first-order chi connectivity index (χ1) is 21.6. The Hall–Kier alpha value is -5.23. The van der Waals surface area contributed by atoms with Gasteiger partial charge in [0.1, 0.15) is 34.8 Å². The maximum Gasteiger partial charge on any atom is 0.255 e. The van der Waals surface area contributed by atoms with E-state index >= 15 is 0 Å². The smallest absolute Gasteiger partial charge is 0.255 e. The second kappa shape index (κ2) is 10.4. The van der Waals surface area contributed by atoms with E-state index < -0.39 is 21.7 Å². The third-order valence-corrected chi connectivity index (χ3v) is 9.32. The lowest BCUT2D eigenvalue weighted by molar-refractivity contribution is 0.0964. The maximum absolute atomic E-state index is 14.8. The number of hydrogen-bond donors (Lipinski definition) is 3. The van der Waals surface area contributed by atoms with Crippen LogP contribution in [0.4, 0.5) is 20.2 Å². The number of hydrogen-bond acceptors (Lipinski definition) is 6. The number of furan rings is 1. The Morgan fingerprint density at radius 3 is 2.56 bits per heavy atom. The summed E-state index contributed by atoms with van der Waals surface area (Å²) in [6.07, 6.45) is -0.186. The van der Waals surface area contributed by atoms with Crippen LogP contribution in [0, 0.1) is 11.6 Å².